The van der Waals surface area contributed by atoms with Crippen LogP contribution < -0.4 is 5.32 Å². The summed E-state index contributed by atoms with van der Waals surface area (Å²) in [5, 5.41) is 13.3. The smallest absolute Gasteiger partial charge is 0.251 e. The molecule has 6 nitrogen and oxygen atoms in total. The Morgan fingerprint density at radius 3 is 2.89 bits per heavy atom. The fourth-order valence-electron chi connectivity index (χ4n) is 4.06. The van der Waals surface area contributed by atoms with Crippen LogP contribution in [0.2, 0.25) is 0 Å². The van der Waals surface area contributed by atoms with Crippen LogP contribution in [-0.4, -0.2) is 51.8 Å². The lowest BCUT2D eigenvalue weighted by molar-refractivity contribution is 0.0933. The summed E-state index contributed by atoms with van der Waals surface area (Å²) in [5.74, 6) is 1.47. The van der Waals surface area contributed by atoms with E-state index in [1.54, 1.807) is 6.33 Å². The minimum absolute atomic E-state index is 0.0223. The molecular weight excluding hydrogens is 350 g/mol. The second-order valence-corrected chi connectivity index (χ2v) is 7.62. The van der Waals surface area contributed by atoms with Gasteiger partial charge in [-0.2, -0.15) is 0 Å². The van der Waals surface area contributed by atoms with E-state index in [0.29, 0.717) is 5.92 Å². The van der Waals surface area contributed by atoms with E-state index in [1.807, 2.05) is 49.4 Å². The highest BCUT2D eigenvalue weighted by Gasteiger charge is 2.21. The van der Waals surface area contributed by atoms with Gasteiger partial charge in [0.05, 0.1) is 0 Å². The van der Waals surface area contributed by atoms with Gasteiger partial charge in [0.25, 0.3) is 5.91 Å². The average Bonchev–Trinajstić information content (AvgIpc) is 3.15. The molecule has 0 saturated carbocycles. The van der Waals surface area contributed by atoms with Crippen molar-refractivity contribution in [2.75, 3.05) is 26.2 Å². The van der Waals surface area contributed by atoms with Gasteiger partial charge >= 0.3 is 0 Å². The van der Waals surface area contributed by atoms with Crippen molar-refractivity contribution in [2.24, 2.45) is 5.92 Å². The predicted octanol–water partition coefficient (Wildman–Crippen LogP) is 2.88. The molecule has 6 heteroatoms. The zero-order valence-corrected chi connectivity index (χ0v) is 16.3. The van der Waals surface area contributed by atoms with Crippen LogP contribution >= 0.6 is 0 Å². The van der Waals surface area contributed by atoms with Crippen molar-refractivity contribution in [3.8, 4) is 0 Å². The molecule has 1 amide bonds. The molecule has 1 atom stereocenters. The Labute approximate surface area is 165 Å². The fraction of sp³-hybridized carbons (Fsp3) is 0.409. The number of amides is 1. The molecule has 1 aromatic heterocycles. The summed E-state index contributed by atoms with van der Waals surface area (Å²) in [5.41, 5.74) is 0.758. The highest BCUT2D eigenvalue weighted by molar-refractivity contribution is 6.06. The number of hydrogen-bond donors (Lipinski definition) is 1. The summed E-state index contributed by atoms with van der Waals surface area (Å²) in [6, 6.07) is 13.9. The van der Waals surface area contributed by atoms with Gasteiger partial charge in [-0.05, 0) is 49.1 Å². The number of rotatable bonds is 6. The van der Waals surface area contributed by atoms with Crippen LogP contribution in [-0.2, 0) is 6.54 Å². The topological polar surface area (TPSA) is 63.1 Å². The lowest BCUT2D eigenvalue weighted by Gasteiger charge is -2.32. The Morgan fingerprint density at radius 1 is 1.18 bits per heavy atom. The molecule has 4 rings (SSSR count). The van der Waals surface area contributed by atoms with Crippen molar-refractivity contribution in [1.29, 1.82) is 0 Å². The van der Waals surface area contributed by atoms with Gasteiger partial charge < -0.3 is 14.8 Å². The summed E-state index contributed by atoms with van der Waals surface area (Å²) >= 11 is 0. The van der Waals surface area contributed by atoms with Gasteiger partial charge in [-0.25, -0.2) is 0 Å². The number of carbonyl (C=O) groups is 1. The SMILES string of the molecule is Cc1nncn1CCN1CCC[C@@H](CNC(=O)c2cccc3ccccc23)C1. The van der Waals surface area contributed by atoms with Gasteiger partial charge in [-0.3, -0.25) is 4.79 Å². The summed E-state index contributed by atoms with van der Waals surface area (Å²) in [7, 11) is 0. The number of nitrogens with zero attached hydrogens (tertiary/aromatic N) is 4. The summed E-state index contributed by atoms with van der Waals surface area (Å²) in [6.45, 7) is 6.76. The molecule has 1 aliphatic heterocycles. The minimum Gasteiger partial charge on any atom is -0.352 e. The molecule has 0 aliphatic carbocycles. The summed E-state index contributed by atoms with van der Waals surface area (Å²) < 4.78 is 2.09. The van der Waals surface area contributed by atoms with Crippen LogP contribution in [0.4, 0.5) is 0 Å². The van der Waals surface area contributed by atoms with Crippen LogP contribution in [0.1, 0.15) is 29.0 Å². The van der Waals surface area contributed by atoms with Gasteiger partial charge in [-0.1, -0.05) is 36.4 Å². The lowest BCUT2D eigenvalue weighted by Crippen LogP contribution is -2.42. The predicted molar refractivity (Wildman–Crippen MR) is 110 cm³/mol. The number of benzene rings is 2. The fourth-order valence-corrected chi connectivity index (χ4v) is 4.06. The van der Waals surface area contributed by atoms with Crippen molar-refractivity contribution in [2.45, 2.75) is 26.3 Å². The van der Waals surface area contributed by atoms with E-state index in [1.165, 1.54) is 6.42 Å². The molecule has 0 bridgehead atoms. The van der Waals surface area contributed by atoms with Gasteiger partial charge in [0, 0.05) is 31.7 Å². The van der Waals surface area contributed by atoms with Crippen LogP contribution in [0.25, 0.3) is 10.8 Å². The number of hydrogen-bond acceptors (Lipinski definition) is 4. The highest BCUT2D eigenvalue weighted by atomic mass is 16.1. The first-order valence-electron chi connectivity index (χ1n) is 10.0. The number of nitrogens with one attached hydrogen (secondary N) is 1. The second kappa shape index (κ2) is 8.52. The zero-order valence-electron chi connectivity index (χ0n) is 16.3. The number of aryl methyl sites for hydroxylation is 1. The molecule has 1 aliphatic rings. The molecule has 2 aromatic carbocycles. The third-order valence-corrected chi connectivity index (χ3v) is 5.65. The van der Waals surface area contributed by atoms with E-state index in [-0.39, 0.29) is 5.91 Å². The van der Waals surface area contributed by atoms with Gasteiger partial charge in [0.2, 0.25) is 0 Å². The molecule has 146 valence electrons. The van der Waals surface area contributed by atoms with E-state index in [9.17, 15) is 4.79 Å². The number of fused-ring (bicyclic) bond motifs is 1. The molecular formula is C22H27N5O. The standard InChI is InChI=1S/C22H27N5O/c1-17-25-24-16-27(17)13-12-26-11-5-6-18(15-26)14-23-22(28)21-10-4-8-19-7-2-3-9-20(19)21/h2-4,7-10,16,18H,5-6,11-15H2,1H3,(H,23,28)/t18-/m0/s1. The third kappa shape index (κ3) is 4.22. The second-order valence-electron chi connectivity index (χ2n) is 7.62. The Bertz CT molecular complexity index is 946. The normalized spacial score (nSPS) is 17.7. The number of piperidine rings is 1. The third-order valence-electron chi connectivity index (χ3n) is 5.65. The molecule has 0 spiro atoms. The van der Waals surface area contributed by atoms with Crippen LogP contribution in [0.5, 0.6) is 0 Å². The van der Waals surface area contributed by atoms with Crippen LogP contribution in [0.15, 0.2) is 48.8 Å². The maximum Gasteiger partial charge on any atom is 0.251 e. The molecule has 0 unspecified atom stereocenters. The number of aromatic nitrogens is 3. The zero-order chi connectivity index (χ0) is 19.3. The van der Waals surface area contributed by atoms with Gasteiger partial charge in [-0.15, -0.1) is 10.2 Å². The van der Waals surface area contributed by atoms with Crippen molar-refractivity contribution >= 4 is 16.7 Å². The Balaban J connectivity index is 1.31. The van der Waals surface area contributed by atoms with Crippen LogP contribution in [0, 0.1) is 12.8 Å². The van der Waals surface area contributed by atoms with E-state index in [2.05, 4.69) is 25.0 Å². The Hall–Kier alpha value is -2.73. The molecule has 28 heavy (non-hydrogen) atoms. The first-order chi connectivity index (χ1) is 13.7. The molecule has 1 saturated heterocycles. The van der Waals surface area contributed by atoms with Crippen molar-refractivity contribution in [3.63, 3.8) is 0 Å². The molecule has 2 heterocycles. The van der Waals surface area contributed by atoms with Crippen molar-refractivity contribution < 1.29 is 4.79 Å². The summed E-state index contributed by atoms with van der Waals surface area (Å²) in [4.78, 5) is 15.2. The lowest BCUT2D eigenvalue weighted by atomic mass is 9.97. The number of likely N-dealkylation sites (tertiary alicyclic amines) is 1. The summed E-state index contributed by atoms with van der Waals surface area (Å²) in [6.07, 6.45) is 4.13. The highest BCUT2D eigenvalue weighted by Crippen LogP contribution is 2.19. The van der Waals surface area contributed by atoms with E-state index < -0.39 is 0 Å². The first-order valence-corrected chi connectivity index (χ1v) is 10.0. The maximum absolute atomic E-state index is 12.8. The van der Waals surface area contributed by atoms with Crippen molar-refractivity contribution in [1.82, 2.24) is 25.0 Å². The molecule has 1 fully saturated rings. The number of carbonyl (C=O) groups excluding carboxylic acids is 1. The van der Waals surface area contributed by atoms with Crippen molar-refractivity contribution in [3.05, 3.63) is 60.2 Å². The Kier molecular flexibility index (Phi) is 5.67. The quantitative estimate of drug-likeness (QED) is 0.717. The largest absolute Gasteiger partial charge is 0.352 e. The van der Waals surface area contributed by atoms with E-state index >= 15 is 0 Å². The molecule has 3 aromatic rings. The molecule has 0 radical (unpaired) electrons. The monoisotopic (exact) mass is 377 g/mol. The van der Waals surface area contributed by atoms with E-state index in [4.69, 9.17) is 0 Å². The molecule has 1 N–H and O–H groups in total. The van der Waals surface area contributed by atoms with Gasteiger partial charge in [0.15, 0.2) is 0 Å². The first kappa shape index (κ1) is 18.6. The van der Waals surface area contributed by atoms with E-state index in [0.717, 1.165) is 61.3 Å². The minimum atomic E-state index is 0.0223. The maximum atomic E-state index is 12.8. The van der Waals surface area contributed by atoms with Crippen LogP contribution in [0.3, 0.4) is 0 Å². The van der Waals surface area contributed by atoms with Gasteiger partial charge in [0.1, 0.15) is 12.2 Å². The Morgan fingerprint density at radius 2 is 2.04 bits per heavy atom. The average molecular weight is 377 g/mol.